The molecule has 148 valence electrons. The second kappa shape index (κ2) is 7.72. The van der Waals surface area contributed by atoms with E-state index in [1.807, 2.05) is 30.5 Å². The van der Waals surface area contributed by atoms with Gasteiger partial charge in [0.2, 0.25) is 0 Å². The predicted molar refractivity (Wildman–Crippen MR) is 102 cm³/mol. The molecule has 1 atom stereocenters. The number of alkyl halides is 3. The van der Waals surface area contributed by atoms with Gasteiger partial charge in [-0.25, -0.2) is 9.97 Å². The molecule has 1 aliphatic heterocycles. The van der Waals surface area contributed by atoms with E-state index >= 15 is 0 Å². The van der Waals surface area contributed by atoms with Crippen molar-refractivity contribution in [2.45, 2.75) is 25.6 Å². The molecule has 0 saturated carbocycles. The summed E-state index contributed by atoms with van der Waals surface area (Å²) >= 11 is 0. The zero-order chi connectivity index (χ0) is 20.4. The first kappa shape index (κ1) is 19.2. The molecule has 0 fully saturated rings. The molecule has 3 heterocycles. The maximum atomic E-state index is 12.6. The molecule has 7 heteroatoms. The van der Waals surface area contributed by atoms with Crippen LogP contribution >= 0.6 is 0 Å². The van der Waals surface area contributed by atoms with Crippen LogP contribution in [0.25, 0.3) is 11.3 Å². The maximum Gasteiger partial charge on any atom is 0.417 e. The van der Waals surface area contributed by atoms with E-state index in [1.54, 1.807) is 0 Å². The van der Waals surface area contributed by atoms with Gasteiger partial charge in [0.1, 0.15) is 11.5 Å². The molecule has 29 heavy (non-hydrogen) atoms. The van der Waals surface area contributed by atoms with Gasteiger partial charge in [-0.15, -0.1) is 0 Å². The van der Waals surface area contributed by atoms with Crippen LogP contribution in [0.4, 0.5) is 13.2 Å². The van der Waals surface area contributed by atoms with Crippen molar-refractivity contribution in [1.29, 1.82) is 0 Å². The average molecular weight is 397 g/mol. The van der Waals surface area contributed by atoms with Gasteiger partial charge in [0, 0.05) is 49.0 Å². The van der Waals surface area contributed by atoms with Crippen molar-refractivity contribution in [2.75, 3.05) is 6.61 Å². The van der Waals surface area contributed by atoms with Crippen molar-refractivity contribution in [3.05, 3.63) is 71.4 Å². The van der Waals surface area contributed by atoms with Crippen LogP contribution in [0.2, 0.25) is 0 Å². The molecule has 1 N–H and O–H groups in total. The lowest BCUT2D eigenvalue weighted by Gasteiger charge is -2.21. The molecular weight excluding hydrogens is 379 g/mol. The Hall–Kier alpha value is -3.11. The van der Waals surface area contributed by atoms with Crippen molar-refractivity contribution < 1.29 is 18.3 Å². The van der Waals surface area contributed by atoms with Crippen LogP contribution in [0.3, 0.4) is 0 Å². The first-order chi connectivity index (χ1) is 13.9. The summed E-state index contributed by atoms with van der Waals surface area (Å²) in [5.74, 6) is 7.00. The molecule has 0 saturated heterocycles. The standard InChI is InChI=1S/C22H18F3N3O/c23-22(24,25)18-7-9-19(26-11-18)8-3-15-1-5-17(6-2-15)20-13-28-12-16(14-29)4-10-21(28)27-20/h1-2,5-7,9,11,13,16,29H,4,10,12,14H2. The quantitative estimate of drug-likeness (QED) is 0.667. The van der Waals surface area contributed by atoms with Crippen molar-refractivity contribution in [3.63, 3.8) is 0 Å². The number of aliphatic hydroxyl groups is 1. The fraction of sp³-hybridized carbons (Fsp3) is 0.273. The summed E-state index contributed by atoms with van der Waals surface area (Å²) in [6.45, 7) is 0.969. The van der Waals surface area contributed by atoms with Gasteiger partial charge in [0.15, 0.2) is 0 Å². The van der Waals surface area contributed by atoms with Gasteiger partial charge in [0.05, 0.1) is 11.3 Å². The lowest BCUT2D eigenvalue weighted by molar-refractivity contribution is -0.137. The van der Waals surface area contributed by atoms with E-state index in [2.05, 4.69) is 26.4 Å². The summed E-state index contributed by atoms with van der Waals surface area (Å²) in [5, 5.41) is 9.35. The van der Waals surface area contributed by atoms with Crippen LogP contribution in [0.15, 0.2) is 48.8 Å². The normalized spacial score (nSPS) is 16.1. The minimum absolute atomic E-state index is 0.189. The van der Waals surface area contributed by atoms with Gasteiger partial charge in [0.25, 0.3) is 0 Å². The molecule has 0 spiro atoms. The van der Waals surface area contributed by atoms with Gasteiger partial charge in [-0.05, 0) is 36.6 Å². The predicted octanol–water partition coefficient (Wildman–Crippen LogP) is 3.92. The number of aromatic nitrogens is 3. The largest absolute Gasteiger partial charge is 0.417 e. The van der Waals surface area contributed by atoms with Crippen LogP contribution in [-0.2, 0) is 19.1 Å². The van der Waals surface area contributed by atoms with Gasteiger partial charge in [-0.3, -0.25) is 0 Å². The molecule has 0 radical (unpaired) electrons. The molecule has 3 aromatic rings. The Morgan fingerprint density at radius 1 is 1.10 bits per heavy atom. The molecule has 0 bridgehead atoms. The van der Waals surface area contributed by atoms with Crippen molar-refractivity contribution in [2.24, 2.45) is 5.92 Å². The molecule has 1 aromatic carbocycles. The third-order valence-corrected chi connectivity index (χ3v) is 4.95. The molecule has 0 amide bonds. The van der Waals surface area contributed by atoms with Crippen molar-refractivity contribution >= 4 is 0 Å². The van der Waals surface area contributed by atoms with E-state index < -0.39 is 11.7 Å². The molecule has 4 nitrogen and oxygen atoms in total. The molecule has 2 aromatic heterocycles. The first-order valence-electron chi connectivity index (χ1n) is 9.25. The Morgan fingerprint density at radius 3 is 2.55 bits per heavy atom. The van der Waals surface area contributed by atoms with E-state index in [4.69, 9.17) is 0 Å². The number of rotatable bonds is 2. The Morgan fingerprint density at radius 2 is 1.90 bits per heavy atom. The fourth-order valence-corrected chi connectivity index (χ4v) is 3.30. The van der Waals surface area contributed by atoms with E-state index in [0.29, 0.717) is 0 Å². The van der Waals surface area contributed by atoms with Crippen LogP contribution in [0, 0.1) is 17.8 Å². The second-order valence-corrected chi connectivity index (χ2v) is 7.04. The van der Waals surface area contributed by atoms with Gasteiger partial charge in [-0.1, -0.05) is 18.1 Å². The van der Waals surface area contributed by atoms with Gasteiger partial charge >= 0.3 is 6.18 Å². The number of pyridine rings is 1. The Balaban J connectivity index is 1.48. The third kappa shape index (κ3) is 4.33. The van der Waals surface area contributed by atoms with Crippen LogP contribution < -0.4 is 0 Å². The molecular formula is C22H18F3N3O. The zero-order valence-electron chi connectivity index (χ0n) is 15.4. The van der Waals surface area contributed by atoms with E-state index in [-0.39, 0.29) is 18.2 Å². The van der Waals surface area contributed by atoms with Crippen LogP contribution in [0.1, 0.15) is 29.1 Å². The molecule has 1 aliphatic rings. The first-order valence-corrected chi connectivity index (χ1v) is 9.25. The number of aryl methyl sites for hydroxylation is 1. The number of hydrogen-bond donors (Lipinski definition) is 1. The van der Waals surface area contributed by atoms with E-state index in [1.165, 1.54) is 6.07 Å². The van der Waals surface area contributed by atoms with Crippen LogP contribution in [-0.4, -0.2) is 26.2 Å². The topological polar surface area (TPSA) is 50.9 Å². The summed E-state index contributed by atoms with van der Waals surface area (Å²) in [6, 6.07) is 9.77. The fourth-order valence-electron chi connectivity index (χ4n) is 3.30. The lowest BCUT2D eigenvalue weighted by atomic mass is 10.0. The monoisotopic (exact) mass is 397 g/mol. The summed E-state index contributed by atoms with van der Waals surface area (Å²) in [5.41, 5.74) is 2.07. The third-order valence-electron chi connectivity index (χ3n) is 4.95. The second-order valence-electron chi connectivity index (χ2n) is 7.04. The SMILES string of the molecule is OCC1CCc2nc(-c3ccc(C#Cc4ccc(C(F)(F)F)cn4)cc3)cn2C1. The highest BCUT2D eigenvalue weighted by Gasteiger charge is 2.30. The minimum atomic E-state index is -4.40. The summed E-state index contributed by atoms with van der Waals surface area (Å²) in [7, 11) is 0. The average Bonchev–Trinajstić information content (AvgIpc) is 3.15. The number of fused-ring (bicyclic) bond motifs is 1. The molecule has 1 unspecified atom stereocenters. The Labute approximate surface area is 166 Å². The van der Waals surface area contributed by atoms with Crippen molar-refractivity contribution in [1.82, 2.24) is 14.5 Å². The number of benzene rings is 1. The maximum absolute atomic E-state index is 12.6. The number of imidazole rings is 1. The Kier molecular flexibility index (Phi) is 5.12. The van der Waals surface area contributed by atoms with Gasteiger partial charge in [-0.2, -0.15) is 13.2 Å². The number of aliphatic hydroxyl groups excluding tert-OH is 1. The number of hydrogen-bond acceptors (Lipinski definition) is 3. The smallest absolute Gasteiger partial charge is 0.396 e. The van der Waals surface area contributed by atoms with E-state index in [9.17, 15) is 18.3 Å². The van der Waals surface area contributed by atoms with Gasteiger partial charge < -0.3 is 9.67 Å². The summed E-state index contributed by atoms with van der Waals surface area (Å²) < 4.78 is 39.8. The molecule has 0 aliphatic carbocycles. The lowest BCUT2D eigenvalue weighted by Crippen LogP contribution is -2.22. The highest BCUT2D eigenvalue weighted by molar-refractivity contribution is 5.60. The van der Waals surface area contributed by atoms with Crippen molar-refractivity contribution in [3.8, 4) is 23.1 Å². The van der Waals surface area contributed by atoms with E-state index in [0.717, 1.165) is 54.3 Å². The number of halogens is 3. The van der Waals surface area contributed by atoms with Crippen LogP contribution in [0.5, 0.6) is 0 Å². The highest BCUT2D eigenvalue weighted by Crippen LogP contribution is 2.28. The number of nitrogens with zero attached hydrogens (tertiary/aromatic N) is 3. The zero-order valence-corrected chi connectivity index (χ0v) is 15.4. The summed E-state index contributed by atoms with van der Waals surface area (Å²) in [6.07, 6.45) is 0.188. The summed E-state index contributed by atoms with van der Waals surface area (Å²) in [4.78, 5) is 8.44. The minimum Gasteiger partial charge on any atom is -0.396 e. The Bertz CT molecular complexity index is 1060. The molecule has 4 rings (SSSR count). The highest BCUT2D eigenvalue weighted by atomic mass is 19.4.